The lowest BCUT2D eigenvalue weighted by molar-refractivity contribution is -0.143. The van der Waals surface area contributed by atoms with Crippen LogP contribution in [-0.4, -0.2) is 49.0 Å². The molecule has 2 aromatic rings. The van der Waals surface area contributed by atoms with Gasteiger partial charge in [0, 0.05) is 25.1 Å². The van der Waals surface area contributed by atoms with Gasteiger partial charge in [0.2, 0.25) is 0 Å². The molecule has 0 aliphatic carbocycles. The molecule has 2 atom stereocenters. The second kappa shape index (κ2) is 8.62. The highest BCUT2D eigenvalue weighted by atomic mass is 19.1. The Labute approximate surface area is 196 Å². The molecule has 2 N–H and O–H groups in total. The standard InChI is InChI=1S/C25H26FN3O5/c1-33-18-5-2-15(3-6-18)12-16-8-10-29(11-9-16)22(30)21-14-25(23(31)27-24(32)28-25)19-13-17(26)4-7-20(19)34-21/h2-7,13,16,21H,8-12,14H2,1H3,(H2,27,28,31,32)/t21-,25-/m1/s1. The van der Waals surface area contributed by atoms with Gasteiger partial charge in [0.1, 0.15) is 17.3 Å². The summed E-state index contributed by atoms with van der Waals surface area (Å²) in [7, 11) is 1.64. The Morgan fingerprint density at radius 3 is 2.56 bits per heavy atom. The molecule has 2 saturated heterocycles. The molecule has 3 aliphatic heterocycles. The lowest BCUT2D eigenvalue weighted by atomic mass is 9.81. The number of benzene rings is 2. The number of urea groups is 1. The zero-order valence-electron chi connectivity index (χ0n) is 18.8. The second-order valence-corrected chi connectivity index (χ2v) is 9.09. The van der Waals surface area contributed by atoms with Gasteiger partial charge in [-0.15, -0.1) is 0 Å². The fourth-order valence-corrected chi connectivity index (χ4v) is 5.14. The third kappa shape index (κ3) is 3.95. The van der Waals surface area contributed by atoms with Crippen LogP contribution in [0.1, 0.15) is 30.4 Å². The number of hydrogen-bond acceptors (Lipinski definition) is 5. The summed E-state index contributed by atoms with van der Waals surface area (Å²) in [4.78, 5) is 39.8. The van der Waals surface area contributed by atoms with Gasteiger partial charge < -0.3 is 19.7 Å². The number of carbonyl (C=O) groups is 3. The zero-order valence-corrected chi connectivity index (χ0v) is 18.8. The highest BCUT2D eigenvalue weighted by Crippen LogP contribution is 2.42. The van der Waals surface area contributed by atoms with E-state index in [0.29, 0.717) is 19.0 Å². The quantitative estimate of drug-likeness (QED) is 0.674. The number of halogens is 1. The average Bonchev–Trinajstić information content (AvgIpc) is 3.12. The zero-order chi connectivity index (χ0) is 23.9. The topological polar surface area (TPSA) is 97.0 Å². The third-order valence-corrected chi connectivity index (χ3v) is 6.99. The Bertz CT molecular complexity index is 1130. The molecule has 2 aromatic carbocycles. The van der Waals surface area contributed by atoms with Crippen LogP contribution in [-0.2, 0) is 21.5 Å². The summed E-state index contributed by atoms with van der Waals surface area (Å²) in [6, 6.07) is 11.1. The fourth-order valence-electron chi connectivity index (χ4n) is 5.14. The molecule has 3 heterocycles. The van der Waals surface area contributed by atoms with Crippen molar-refractivity contribution in [2.75, 3.05) is 20.2 Å². The molecular formula is C25H26FN3O5. The summed E-state index contributed by atoms with van der Waals surface area (Å²) < 4.78 is 25.1. The Morgan fingerprint density at radius 1 is 1.18 bits per heavy atom. The number of methoxy groups -OCH3 is 1. The van der Waals surface area contributed by atoms with Crippen molar-refractivity contribution < 1.29 is 28.2 Å². The van der Waals surface area contributed by atoms with Crippen LogP contribution in [0.25, 0.3) is 0 Å². The molecule has 2 fully saturated rings. The molecule has 3 aliphatic rings. The number of hydrogen-bond donors (Lipinski definition) is 2. The van der Waals surface area contributed by atoms with Crippen molar-refractivity contribution >= 4 is 17.8 Å². The smallest absolute Gasteiger partial charge is 0.322 e. The van der Waals surface area contributed by atoms with Gasteiger partial charge in [-0.2, -0.15) is 0 Å². The molecule has 1 spiro atoms. The van der Waals surface area contributed by atoms with E-state index in [4.69, 9.17) is 9.47 Å². The van der Waals surface area contributed by atoms with Crippen LogP contribution in [0.3, 0.4) is 0 Å². The number of fused-ring (bicyclic) bond motifs is 2. The molecule has 34 heavy (non-hydrogen) atoms. The second-order valence-electron chi connectivity index (χ2n) is 9.09. The number of rotatable bonds is 4. The normalized spacial score (nSPS) is 24.3. The van der Waals surface area contributed by atoms with Crippen LogP contribution in [0.2, 0.25) is 0 Å². The molecular weight excluding hydrogens is 441 g/mol. The van der Waals surface area contributed by atoms with Crippen LogP contribution >= 0.6 is 0 Å². The van der Waals surface area contributed by atoms with Crippen LogP contribution < -0.4 is 20.1 Å². The Morgan fingerprint density at radius 2 is 1.91 bits per heavy atom. The Balaban J connectivity index is 1.27. The first-order valence-electron chi connectivity index (χ1n) is 11.4. The predicted molar refractivity (Wildman–Crippen MR) is 120 cm³/mol. The maximum atomic E-state index is 14.0. The van der Waals surface area contributed by atoms with Crippen molar-refractivity contribution in [2.45, 2.75) is 37.3 Å². The number of nitrogens with zero attached hydrogens (tertiary/aromatic N) is 1. The molecule has 0 bridgehead atoms. The average molecular weight is 467 g/mol. The van der Waals surface area contributed by atoms with Crippen LogP contribution in [0.5, 0.6) is 11.5 Å². The molecule has 0 radical (unpaired) electrons. The van der Waals surface area contributed by atoms with E-state index in [-0.39, 0.29) is 23.6 Å². The lowest BCUT2D eigenvalue weighted by Gasteiger charge is -2.40. The van der Waals surface area contributed by atoms with E-state index in [1.807, 2.05) is 12.1 Å². The number of ether oxygens (including phenoxy) is 2. The summed E-state index contributed by atoms with van der Waals surface area (Å²) in [5.41, 5.74) is -0.0761. The van der Waals surface area contributed by atoms with Gasteiger partial charge >= 0.3 is 6.03 Å². The van der Waals surface area contributed by atoms with E-state index in [2.05, 4.69) is 22.8 Å². The van der Waals surface area contributed by atoms with Gasteiger partial charge in [0.05, 0.1) is 7.11 Å². The molecule has 178 valence electrons. The molecule has 5 rings (SSSR count). The summed E-state index contributed by atoms with van der Waals surface area (Å²) >= 11 is 0. The number of likely N-dealkylation sites (tertiary alicyclic amines) is 1. The fraction of sp³-hybridized carbons (Fsp3) is 0.400. The summed E-state index contributed by atoms with van der Waals surface area (Å²) in [5.74, 6) is 0.109. The van der Waals surface area contributed by atoms with E-state index in [9.17, 15) is 18.8 Å². The number of nitrogens with one attached hydrogen (secondary N) is 2. The number of amides is 4. The van der Waals surface area contributed by atoms with E-state index in [1.54, 1.807) is 12.0 Å². The van der Waals surface area contributed by atoms with Gasteiger partial charge in [-0.3, -0.25) is 14.9 Å². The van der Waals surface area contributed by atoms with E-state index in [1.165, 1.54) is 23.8 Å². The van der Waals surface area contributed by atoms with Gasteiger partial charge in [-0.1, -0.05) is 12.1 Å². The van der Waals surface area contributed by atoms with E-state index in [0.717, 1.165) is 25.0 Å². The van der Waals surface area contributed by atoms with Crippen molar-refractivity contribution in [3.8, 4) is 11.5 Å². The minimum atomic E-state index is -1.53. The number of imide groups is 1. The van der Waals surface area contributed by atoms with Crippen LogP contribution in [0, 0.1) is 11.7 Å². The minimum absolute atomic E-state index is 0.0916. The van der Waals surface area contributed by atoms with Gasteiger partial charge in [0.15, 0.2) is 11.6 Å². The largest absolute Gasteiger partial charge is 0.497 e. The van der Waals surface area contributed by atoms with Gasteiger partial charge in [-0.05, 0) is 61.1 Å². The van der Waals surface area contributed by atoms with Crippen LogP contribution in [0.4, 0.5) is 9.18 Å². The van der Waals surface area contributed by atoms with E-state index >= 15 is 0 Å². The molecule has 0 aromatic heterocycles. The summed E-state index contributed by atoms with van der Waals surface area (Å²) in [5, 5.41) is 4.82. The highest BCUT2D eigenvalue weighted by Gasteiger charge is 2.55. The predicted octanol–water partition coefficient (Wildman–Crippen LogP) is 2.50. The SMILES string of the molecule is COc1ccc(CC2CCN(C(=O)[C@H]3C[C@@]4(NC(=O)NC4=O)c4cc(F)ccc4O3)CC2)cc1. The summed E-state index contributed by atoms with van der Waals surface area (Å²) in [6.07, 6.45) is 1.59. The minimum Gasteiger partial charge on any atom is -0.497 e. The van der Waals surface area contributed by atoms with Crippen molar-refractivity contribution in [1.29, 1.82) is 0 Å². The molecule has 9 heteroatoms. The Kier molecular flexibility index (Phi) is 5.63. The van der Waals surface area contributed by atoms with E-state index < -0.39 is 29.4 Å². The highest BCUT2D eigenvalue weighted by molar-refractivity contribution is 6.08. The monoisotopic (exact) mass is 467 g/mol. The maximum absolute atomic E-state index is 14.0. The first-order chi connectivity index (χ1) is 16.4. The van der Waals surface area contributed by atoms with Crippen LogP contribution in [0.15, 0.2) is 42.5 Å². The van der Waals surface area contributed by atoms with Crippen molar-refractivity contribution in [2.24, 2.45) is 5.92 Å². The van der Waals surface area contributed by atoms with Crippen molar-refractivity contribution in [3.63, 3.8) is 0 Å². The lowest BCUT2D eigenvalue weighted by Crippen LogP contribution is -2.55. The summed E-state index contributed by atoms with van der Waals surface area (Å²) in [6.45, 7) is 1.17. The molecule has 4 amide bonds. The molecule has 8 nitrogen and oxygen atoms in total. The first-order valence-corrected chi connectivity index (χ1v) is 11.4. The maximum Gasteiger partial charge on any atom is 0.322 e. The van der Waals surface area contributed by atoms with Gasteiger partial charge in [0.25, 0.3) is 11.8 Å². The number of carbonyl (C=O) groups excluding carboxylic acids is 3. The molecule has 0 unspecified atom stereocenters. The third-order valence-electron chi connectivity index (χ3n) is 6.99. The van der Waals surface area contributed by atoms with Crippen molar-refractivity contribution in [1.82, 2.24) is 15.5 Å². The first kappa shape index (κ1) is 22.2. The van der Waals surface area contributed by atoms with Gasteiger partial charge in [-0.25, -0.2) is 9.18 Å². The van der Waals surface area contributed by atoms with Crippen molar-refractivity contribution in [3.05, 3.63) is 59.4 Å². The number of piperidine rings is 1. The Hall–Kier alpha value is -3.62. The molecule has 0 saturated carbocycles.